The Morgan fingerprint density at radius 2 is 1.74 bits per heavy atom. The first-order valence-electron chi connectivity index (χ1n) is 8.83. The summed E-state index contributed by atoms with van der Waals surface area (Å²) < 4.78 is 40.2. The number of pyridine rings is 1. The van der Waals surface area contributed by atoms with Gasteiger partial charge >= 0.3 is 0 Å². The molecule has 2 heterocycles. The number of halogens is 1. The summed E-state index contributed by atoms with van der Waals surface area (Å²) in [5.74, 6) is -0.485. The summed E-state index contributed by atoms with van der Waals surface area (Å²) in [5.41, 5.74) is 0.708. The standard InChI is InChI=1S/C20H19FN2O3S/c21-16-5-3-6-17(13-16)27(25,26)23-10-8-14(9-11-23)19-12-15-4-1-2-7-18(15)20(24)22-19/h1-7,12-14H,8-11H2,(H,22,24). The molecule has 0 unspecified atom stereocenters. The van der Waals surface area contributed by atoms with Crippen molar-refractivity contribution in [2.24, 2.45) is 0 Å². The van der Waals surface area contributed by atoms with Gasteiger partial charge in [-0.2, -0.15) is 4.31 Å². The van der Waals surface area contributed by atoms with Crippen LogP contribution in [0.15, 0.2) is 64.3 Å². The van der Waals surface area contributed by atoms with E-state index in [1.165, 1.54) is 22.5 Å². The van der Waals surface area contributed by atoms with E-state index in [2.05, 4.69) is 4.98 Å². The summed E-state index contributed by atoms with van der Waals surface area (Å²) in [5, 5.41) is 1.53. The normalized spacial score (nSPS) is 16.6. The Labute approximate surface area is 156 Å². The van der Waals surface area contributed by atoms with Crippen molar-refractivity contribution in [3.05, 3.63) is 76.5 Å². The average molecular weight is 386 g/mol. The van der Waals surface area contributed by atoms with Gasteiger partial charge in [0.25, 0.3) is 5.56 Å². The Balaban J connectivity index is 1.55. The van der Waals surface area contributed by atoms with E-state index in [9.17, 15) is 17.6 Å². The summed E-state index contributed by atoms with van der Waals surface area (Å²) in [4.78, 5) is 15.2. The topological polar surface area (TPSA) is 70.2 Å². The van der Waals surface area contributed by atoms with Gasteiger partial charge in [0.05, 0.1) is 4.90 Å². The highest BCUT2D eigenvalue weighted by molar-refractivity contribution is 7.89. The molecule has 1 N–H and O–H groups in total. The van der Waals surface area contributed by atoms with Crippen LogP contribution in [0.2, 0.25) is 0 Å². The Morgan fingerprint density at radius 1 is 1.00 bits per heavy atom. The van der Waals surface area contributed by atoms with Crippen molar-refractivity contribution in [2.75, 3.05) is 13.1 Å². The number of nitrogens with one attached hydrogen (secondary N) is 1. The van der Waals surface area contributed by atoms with E-state index >= 15 is 0 Å². The summed E-state index contributed by atoms with van der Waals surface area (Å²) >= 11 is 0. The number of aromatic amines is 1. The molecule has 1 aromatic heterocycles. The van der Waals surface area contributed by atoms with Crippen LogP contribution in [0.4, 0.5) is 4.39 Å². The van der Waals surface area contributed by atoms with Crippen LogP contribution in [-0.2, 0) is 10.0 Å². The molecule has 0 aliphatic carbocycles. The molecule has 0 radical (unpaired) electrons. The lowest BCUT2D eigenvalue weighted by atomic mass is 9.93. The molecule has 1 saturated heterocycles. The summed E-state index contributed by atoms with van der Waals surface area (Å²) in [6.07, 6.45) is 1.20. The Hall–Kier alpha value is -2.51. The molecule has 1 fully saturated rings. The predicted octanol–water partition coefficient (Wildman–Crippen LogP) is 3.24. The van der Waals surface area contributed by atoms with Gasteiger partial charge in [-0.05, 0) is 48.6 Å². The van der Waals surface area contributed by atoms with Crippen molar-refractivity contribution < 1.29 is 12.8 Å². The molecule has 3 aromatic rings. The molecule has 0 amide bonds. The fraction of sp³-hybridized carbons (Fsp3) is 0.250. The Bertz CT molecular complexity index is 1150. The molecule has 2 aromatic carbocycles. The second-order valence-electron chi connectivity index (χ2n) is 6.78. The monoisotopic (exact) mass is 386 g/mol. The van der Waals surface area contributed by atoms with Crippen LogP contribution in [-0.4, -0.2) is 30.8 Å². The summed E-state index contributed by atoms with van der Waals surface area (Å²) in [6.45, 7) is 0.663. The van der Waals surface area contributed by atoms with Crippen LogP contribution in [0.3, 0.4) is 0 Å². The van der Waals surface area contributed by atoms with Crippen molar-refractivity contribution in [1.29, 1.82) is 0 Å². The van der Waals surface area contributed by atoms with Crippen LogP contribution < -0.4 is 5.56 Å². The van der Waals surface area contributed by atoms with Gasteiger partial charge in [0.1, 0.15) is 5.82 Å². The highest BCUT2D eigenvalue weighted by atomic mass is 32.2. The third-order valence-corrected chi connectivity index (χ3v) is 7.00. The minimum Gasteiger partial charge on any atom is -0.325 e. The predicted molar refractivity (Wildman–Crippen MR) is 102 cm³/mol. The largest absolute Gasteiger partial charge is 0.325 e. The first-order chi connectivity index (χ1) is 12.9. The van der Waals surface area contributed by atoms with Gasteiger partial charge in [0.15, 0.2) is 0 Å². The number of piperidine rings is 1. The second kappa shape index (κ2) is 6.90. The molecule has 140 valence electrons. The summed E-state index contributed by atoms with van der Waals surface area (Å²) in [7, 11) is -3.71. The number of hydrogen-bond donors (Lipinski definition) is 1. The summed E-state index contributed by atoms with van der Waals surface area (Å²) in [6, 6.07) is 14.4. The number of hydrogen-bond acceptors (Lipinski definition) is 3. The zero-order valence-electron chi connectivity index (χ0n) is 14.6. The number of rotatable bonds is 3. The molecule has 4 rings (SSSR count). The van der Waals surface area contributed by atoms with E-state index in [-0.39, 0.29) is 16.4 Å². The van der Waals surface area contributed by atoms with Crippen LogP contribution in [0.5, 0.6) is 0 Å². The molecule has 7 heteroatoms. The molecule has 0 saturated carbocycles. The lowest BCUT2D eigenvalue weighted by molar-refractivity contribution is 0.316. The molecule has 27 heavy (non-hydrogen) atoms. The van der Waals surface area contributed by atoms with Crippen LogP contribution in [0.25, 0.3) is 10.8 Å². The van der Waals surface area contributed by atoms with E-state index in [0.29, 0.717) is 31.3 Å². The van der Waals surface area contributed by atoms with E-state index in [1.807, 2.05) is 24.3 Å². The van der Waals surface area contributed by atoms with Crippen molar-refractivity contribution in [2.45, 2.75) is 23.7 Å². The number of aromatic nitrogens is 1. The molecule has 0 bridgehead atoms. The number of nitrogens with zero attached hydrogens (tertiary/aromatic N) is 1. The minimum atomic E-state index is -3.71. The van der Waals surface area contributed by atoms with Gasteiger partial charge in [-0.15, -0.1) is 0 Å². The fourth-order valence-corrected chi connectivity index (χ4v) is 5.14. The highest BCUT2D eigenvalue weighted by Gasteiger charge is 2.30. The van der Waals surface area contributed by atoms with E-state index in [1.54, 1.807) is 6.07 Å². The molecule has 0 atom stereocenters. The third-order valence-electron chi connectivity index (χ3n) is 5.10. The lowest BCUT2D eigenvalue weighted by Crippen LogP contribution is -2.38. The minimum absolute atomic E-state index is 0.0277. The maximum atomic E-state index is 13.4. The third kappa shape index (κ3) is 3.40. The van der Waals surface area contributed by atoms with Crippen molar-refractivity contribution in [1.82, 2.24) is 9.29 Å². The Kier molecular flexibility index (Phi) is 4.57. The average Bonchev–Trinajstić information content (AvgIpc) is 2.68. The Morgan fingerprint density at radius 3 is 2.48 bits per heavy atom. The second-order valence-corrected chi connectivity index (χ2v) is 8.71. The molecule has 5 nitrogen and oxygen atoms in total. The van der Waals surface area contributed by atoms with E-state index in [0.717, 1.165) is 17.1 Å². The fourth-order valence-electron chi connectivity index (χ4n) is 3.64. The van der Waals surface area contributed by atoms with E-state index in [4.69, 9.17) is 0 Å². The SMILES string of the molecule is O=c1[nH]c(C2CCN(S(=O)(=O)c3cccc(F)c3)CC2)cc2ccccc12. The number of sulfonamides is 1. The zero-order chi connectivity index (χ0) is 19.0. The molecular formula is C20H19FN2O3S. The van der Waals surface area contributed by atoms with Crippen molar-refractivity contribution in [3.8, 4) is 0 Å². The van der Waals surface area contributed by atoms with E-state index < -0.39 is 15.8 Å². The maximum absolute atomic E-state index is 13.4. The van der Waals surface area contributed by atoms with Gasteiger partial charge in [-0.1, -0.05) is 24.3 Å². The molecule has 1 aliphatic rings. The number of H-pyrrole nitrogens is 1. The maximum Gasteiger partial charge on any atom is 0.256 e. The van der Waals surface area contributed by atoms with Crippen molar-refractivity contribution in [3.63, 3.8) is 0 Å². The van der Waals surface area contributed by atoms with Crippen LogP contribution in [0, 0.1) is 5.82 Å². The van der Waals surface area contributed by atoms with Crippen LogP contribution in [0.1, 0.15) is 24.5 Å². The quantitative estimate of drug-likeness (QED) is 0.751. The number of benzene rings is 2. The first kappa shape index (κ1) is 17.9. The molecular weight excluding hydrogens is 367 g/mol. The van der Waals surface area contributed by atoms with Gasteiger partial charge in [0, 0.05) is 30.1 Å². The van der Waals surface area contributed by atoms with Gasteiger partial charge in [-0.3, -0.25) is 4.79 Å². The lowest BCUT2D eigenvalue weighted by Gasteiger charge is -2.31. The van der Waals surface area contributed by atoms with Gasteiger partial charge < -0.3 is 4.98 Å². The molecule has 1 aliphatic heterocycles. The van der Waals surface area contributed by atoms with Crippen LogP contribution >= 0.6 is 0 Å². The smallest absolute Gasteiger partial charge is 0.256 e. The van der Waals surface area contributed by atoms with Crippen molar-refractivity contribution >= 4 is 20.8 Å². The van der Waals surface area contributed by atoms with Gasteiger partial charge in [-0.25, -0.2) is 12.8 Å². The molecule has 0 spiro atoms. The first-order valence-corrected chi connectivity index (χ1v) is 10.3. The number of fused-ring (bicyclic) bond motifs is 1. The van der Waals surface area contributed by atoms with Gasteiger partial charge in [0.2, 0.25) is 10.0 Å². The highest BCUT2D eigenvalue weighted by Crippen LogP contribution is 2.30. The zero-order valence-corrected chi connectivity index (χ0v) is 15.4.